The van der Waals surface area contributed by atoms with E-state index in [2.05, 4.69) is 0 Å². The van der Waals surface area contributed by atoms with Gasteiger partial charge >= 0.3 is 0 Å². The van der Waals surface area contributed by atoms with E-state index >= 15 is 0 Å². The third-order valence-corrected chi connectivity index (χ3v) is 5.49. The van der Waals surface area contributed by atoms with Crippen molar-refractivity contribution in [3.63, 3.8) is 0 Å². The SMILES string of the molecule is COc1ccc(S(=O)(=O)N(C)CC(O)C2CC2)cc1OC. The molecule has 0 radical (unpaired) electrons. The maximum atomic E-state index is 12.5. The highest BCUT2D eigenvalue weighted by Crippen LogP contribution is 2.34. The van der Waals surface area contributed by atoms with Crippen LogP contribution in [0.15, 0.2) is 23.1 Å². The van der Waals surface area contributed by atoms with E-state index in [1.54, 1.807) is 6.07 Å². The number of benzene rings is 1. The minimum atomic E-state index is -3.66. The average molecular weight is 315 g/mol. The maximum absolute atomic E-state index is 12.5. The van der Waals surface area contributed by atoms with Crippen LogP contribution in [0.1, 0.15) is 12.8 Å². The molecule has 118 valence electrons. The van der Waals surface area contributed by atoms with Crippen molar-refractivity contribution < 1.29 is 23.0 Å². The van der Waals surface area contributed by atoms with Crippen LogP contribution in [0.5, 0.6) is 11.5 Å². The van der Waals surface area contributed by atoms with Crippen LogP contribution in [0.3, 0.4) is 0 Å². The van der Waals surface area contributed by atoms with Gasteiger partial charge in [0.15, 0.2) is 11.5 Å². The second-order valence-electron chi connectivity index (χ2n) is 5.21. The zero-order valence-electron chi connectivity index (χ0n) is 12.4. The van der Waals surface area contributed by atoms with Crippen LogP contribution >= 0.6 is 0 Å². The van der Waals surface area contributed by atoms with Crippen molar-refractivity contribution in [2.24, 2.45) is 5.92 Å². The normalized spacial score (nSPS) is 16.8. The molecule has 1 unspecified atom stereocenters. The summed E-state index contributed by atoms with van der Waals surface area (Å²) in [6.07, 6.45) is 1.32. The molecule has 0 aromatic heterocycles. The first-order chi connectivity index (χ1) is 9.90. The van der Waals surface area contributed by atoms with E-state index in [1.165, 1.54) is 37.7 Å². The molecule has 6 nitrogen and oxygen atoms in total. The number of aliphatic hydroxyl groups excluding tert-OH is 1. The van der Waals surface area contributed by atoms with Crippen molar-refractivity contribution in [2.45, 2.75) is 23.8 Å². The first-order valence-electron chi connectivity index (χ1n) is 6.76. The third-order valence-electron chi connectivity index (χ3n) is 3.67. The minimum absolute atomic E-state index is 0.0986. The Bertz CT molecular complexity index is 597. The lowest BCUT2D eigenvalue weighted by Gasteiger charge is -2.21. The van der Waals surface area contributed by atoms with E-state index < -0.39 is 16.1 Å². The number of methoxy groups -OCH3 is 2. The maximum Gasteiger partial charge on any atom is 0.243 e. The summed E-state index contributed by atoms with van der Waals surface area (Å²) >= 11 is 0. The Kier molecular flexibility index (Phi) is 4.75. The molecule has 1 N–H and O–H groups in total. The first kappa shape index (κ1) is 16.1. The average Bonchev–Trinajstić information content (AvgIpc) is 3.30. The molecule has 1 saturated carbocycles. The number of nitrogens with zero attached hydrogens (tertiary/aromatic N) is 1. The van der Waals surface area contributed by atoms with Crippen LogP contribution in [0.2, 0.25) is 0 Å². The smallest absolute Gasteiger partial charge is 0.243 e. The van der Waals surface area contributed by atoms with Gasteiger partial charge in [0.2, 0.25) is 10.0 Å². The van der Waals surface area contributed by atoms with Gasteiger partial charge in [0.1, 0.15) is 0 Å². The molecule has 0 heterocycles. The van der Waals surface area contributed by atoms with E-state index in [4.69, 9.17) is 9.47 Å². The monoisotopic (exact) mass is 315 g/mol. The molecule has 1 fully saturated rings. The predicted molar refractivity (Wildman–Crippen MR) is 78.1 cm³/mol. The summed E-state index contributed by atoms with van der Waals surface area (Å²) in [7, 11) is 0.754. The Balaban J connectivity index is 2.21. The number of sulfonamides is 1. The van der Waals surface area contributed by atoms with Gasteiger partial charge in [-0.1, -0.05) is 0 Å². The Morgan fingerprint density at radius 2 is 1.90 bits per heavy atom. The number of ether oxygens (including phenoxy) is 2. The molecule has 1 aromatic carbocycles. The quantitative estimate of drug-likeness (QED) is 0.815. The Hall–Kier alpha value is -1.31. The summed E-state index contributed by atoms with van der Waals surface area (Å²) in [5.41, 5.74) is 0. The molecule has 1 aliphatic rings. The van der Waals surface area contributed by atoms with Crippen molar-refractivity contribution in [1.29, 1.82) is 0 Å². The largest absolute Gasteiger partial charge is 0.493 e. The molecule has 0 spiro atoms. The number of hydrogen-bond donors (Lipinski definition) is 1. The Morgan fingerprint density at radius 1 is 1.29 bits per heavy atom. The van der Waals surface area contributed by atoms with Crippen LogP contribution in [0, 0.1) is 5.92 Å². The molecule has 21 heavy (non-hydrogen) atoms. The summed E-state index contributed by atoms with van der Waals surface area (Å²) in [6, 6.07) is 4.45. The van der Waals surface area contributed by atoms with E-state index in [-0.39, 0.29) is 17.4 Å². The zero-order valence-corrected chi connectivity index (χ0v) is 13.3. The minimum Gasteiger partial charge on any atom is -0.493 e. The fraction of sp³-hybridized carbons (Fsp3) is 0.571. The lowest BCUT2D eigenvalue weighted by Crippen LogP contribution is -2.35. The van der Waals surface area contributed by atoms with Crippen molar-refractivity contribution in [3.05, 3.63) is 18.2 Å². The number of rotatable bonds is 7. The highest BCUT2D eigenvalue weighted by atomic mass is 32.2. The highest BCUT2D eigenvalue weighted by molar-refractivity contribution is 7.89. The molecule has 0 aliphatic heterocycles. The number of likely N-dealkylation sites (N-methyl/N-ethyl adjacent to an activating group) is 1. The fourth-order valence-corrected chi connectivity index (χ4v) is 3.35. The Morgan fingerprint density at radius 3 is 2.43 bits per heavy atom. The molecule has 0 amide bonds. The van der Waals surface area contributed by atoms with Crippen molar-refractivity contribution >= 4 is 10.0 Å². The van der Waals surface area contributed by atoms with Gasteiger partial charge in [-0.25, -0.2) is 8.42 Å². The molecule has 1 aromatic rings. The molecule has 1 atom stereocenters. The van der Waals surface area contributed by atoms with Crippen LogP contribution in [0.25, 0.3) is 0 Å². The van der Waals surface area contributed by atoms with Gasteiger partial charge in [-0.05, 0) is 30.9 Å². The summed E-state index contributed by atoms with van der Waals surface area (Å²) in [5.74, 6) is 1.06. The van der Waals surface area contributed by atoms with Crippen LogP contribution in [0.4, 0.5) is 0 Å². The third kappa shape index (κ3) is 3.48. The van der Waals surface area contributed by atoms with Gasteiger partial charge in [-0.15, -0.1) is 0 Å². The van der Waals surface area contributed by atoms with Gasteiger partial charge in [0, 0.05) is 19.7 Å². The standard InChI is InChI=1S/C14H21NO5S/c1-15(9-12(16)10-4-5-10)21(17,18)11-6-7-13(19-2)14(8-11)20-3/h6-8,10,12,16H,4-5,9H2,1-3H3. The lowest BCUT2D eigenvalue weighted by atomic mass is 10.2. The van der Waals surface area contributed by atoms with Gasteiger partial charge in [0.25, 0.3) is 0 Å². The van der Waals surface area contributed by atoms with E-state index in [0.717, 1.165) is 12.8 Å². The van der Waals surface area contributed by atoms with Crippen LogP contribution in [-0.4, -0.2) is 51.7 Å². The number of hydrogen-bond acceptors (Lipinski definition) is 5. The van der Waals surface area contributed by atoms with Gasteiger partial charge in [0.05, 0.1) is 25.2 Å². The molecule has 2 rings (SSSR count). The highest BCUT2D eigenvalue weighted by Gasteiger charge is 2.33. The van der Waals surface area contributed by atoms with Crippen LogP contribution in [-0.2, 0) is 10.0 Å². The van der Waals surface area contributed by atoms with Crippen LogP contribution < -0.4 is 9.47 Å². The number of aliphatic hydroxyl groups is 1. The van der Waals surface area contributed by atoms with E-state index in [1.807, 2.05) is 0 Å². The van der Waals surface area contributed by atoms with Crippen molar-refractivity contribution in [2.75, 3.05) is 27.8 Å². The summed E-state index contributed by atoms with van der Waals surface area (Å²) in [6.45, 7) is 0.0986. The molecule has 0 bridgehead atoms. The summed E-state index contributed by atoms with van der Waals surface area (Å²) in [4.78, 5) is 0.116. The van der Waals surface area contributed by atoms with Gasteiger partial charge in [-0.3, -0.25) is 0 Å². The van der Waals surface area contributed by atoms with E-state index in [9.17, 15) is 13.5 Å². The topological polar surface area (TPSA) is 76.1 Å². The summed E-state index contributed by atoms with van der Waals surface area (Å²) < 4.78 is 36.4. The Labute approximate surface area is 125 Å². The first-order valence-corrected chi connectivity index (χ1v) is 8.20. The molecule has 0 saturated heterocycles. The molecular weight excluding hydrogens is 294 g/mol. The lowest BCUT2D eigenvalue weighted by molar-refractivity contribution is 0.131. The van der Waals surface area contributed by atoms with Gasteiger partial charge < -0.3 is 14.6 Å². The van der Waals surface area contributed by atoms with Crippen molar-refractivity contribution in [1.82, 2.24) is 4.31 Å². The molecule has 7 heteroatoms. The van der Waals surface area contributed by atoms with E-state index in [0.29, 0.717) is 11.5 Å². The molecular formula is C14H21NO5S. The van der Waals surface area contributed by atoms with Gasteiger partial charge in [-0.2, -0.15) is 4.31 Å². The predicted octanol–water partition coefficient (Wildman–Crippen LogP) is 1.10. The second-order valence-corrected chi connectivity index (χ2v) is 7.25. The fourth-order valence-electron chi connectivity index (χ4n) is 2.15. The van der Waals surface area contributed by atoms with Crippen molar-refractivity contribution in [3.8, 4) is 11.5 Å². The zero-order chi connectivity index (χ0) is 15.6. The molecule has 1 aliphatic carbocycles. The summed E-state index contributed by atoms with van der Waals surface area (Å²) in [5, 5.41) is 9.90. The second kappa shape index (κ2) is 6.21.